The summed E-state index contributed by atoms with van der Waals surface area (Å²) in [5, 5.41) is 22.5. The summed E-state index contributed by atoms with van der Waals surface area (Å²) in [7, 11) is 0. The lowest BCUT2D eigenvalue weighted by Gasteiger charge is -2.10. The van der Waals surface area contributed by atoms with Crippen LogP contribution in [0.15, 0.2) is 23.3 Å². The fourth-order valence-corrected chi connectivity index (χ4v) is 1.81. The SMILES string of the molecule is CC1CN(C(=N)N)N=C1c1ccc(F)cc1O. The van der Waals surface area contributed by atoms with E-state index in [1.165, 1.54) is 17.1 Å². The van der Waals surface area contributed by atoms with E-state index in [4.69, 9.17) is 11.1 Å². The number of hydrazone groups is 1. The normalized spacial score (nSPS) is 19.3. The number of aromatic hydroxyl groups is 1. The third-order valence-corrected chi connectivity index (χ3v) is 2.66. The van der Waals surface area contributed by atoms with Crippen LogP contribution in [0.5, 0.6) is 5.75 Å². The molecule has 2 rings (SSSR count). The minimum Gasteiger partial charge on any atom is -0.507 e. The lowest BCUT2D eigenvalue weighted by molar-refractivity contribution is 0.448. The Labute approximate surface area is 97.9 Å². The average Bonchev–Trinajstić information content (AvgIpc) is 2.61. The first-order valence-corrected chi connectivity index (χ1v) is 5.18. The smallest absolute Gasteiger partial charge is 0.209 e. The molecular formula is C11H13FN4O. The van der Waals surface area contributed by atoms with Crippen LogP contribution in [0.4, 0.5) is 4.39 Å². The zero-order chi connectivity index (χ0) is 12.6. The van der Waals surface area contributed by atoms with Gasteiger partial charge in [0, 0.05) is 17.5 Å². The van der Waals surface area contributed by atoms with Crippen LogP contribution in [0, 0.1) is 17.1 Å². The number of hydrogen-bond donors (Lipinski definition) is 3. The maximum Gasteiger partial charge on any atom is 0.209 e. The van der Waals surface area contributed by atoms with E-state index in [0.717, 1.165) is 6.07 Å². The molecule has 1 heterocycles. The van der Waals surface area contributed by atoms with Crippen molar-refractivity contribution in [1.29, 1.82) is 5.41 Å². The van der Waals surface area contributed by atoms with E-state index in [2.05, 4.69) is 5.10 Å². The monoisotopic (exact) mass is 236 g/mol. The van der Waals surface area contributed by atoms with E-state index < -0.39 is 5.82 Å². The van der Waals surface area contributed by atoms with Gasteiger partial charge in [-0.2, -0.15) is 5.10 Å². The highest BCUT2D eigenvalue weighted by Crippen LogP contribution is 2.26. The summed E-state index contributed by atoms with van der Waals surface area (Å²) in [6.45, 7) is 2.39. The van der Waals surface area contributed by atoms with Crippen LogP contribution in [0.1, 0.15) is 12.5 Å². The van der Waals surface area contributed by atoms with Gasteiger partial charge in [-0.25, -0.2) is 9.40 Å². The highest BCUT2D eigenvalue weighted by Gasteiger charge is 2.27. The lowest BCUT2D eigenvalue weighted by Crippen LogP contribution is -2.31. The Morgan fingerprint density at radius 1 is 1.65 bits per heavy atom. The van der Waals surface area contributed by atoms with Crippen molar-refractivity contribution in [1.82, 2.24) is 5.01 Å². The molecule has 17 heavy (non-hydrogen) atoms. The molecular weight excluding hydrogens is 223 g/mol. The number of nitrogens with two attached hydrogens (primary N) is 1. The maximum absolute atomic E-state index is 12.9. The van der Waals surface area contributed by atoms with Gasteiger partial charge in [-0.05, 0) is 12.1 Å². The highest BCUT2D eigenvalue weighted by atomic mass is 19.1. The average molecular weight is 236 g/mol. The predicted octanol–water partition coefficient (Wildman–Crippen LogP) is 1.08. The minimum absolute atomic E-state index is 0.0234. The van der Waals surface area contributed by atoms with Crippen molar-refractivity contribution in [3.05, 3.63) is 29.6 Å². The zero-order valence-corrected chi connectivity index (χ0v) is 9.31. The number of rotatable bonds is 1. The van der Waals surface area contributed by atoms with Gasteiger partial charge in [-0.1, -0.05) is 6.92 Å². The Morgan fingerprint density at radius 3 is 2.88 bits per heavy atom. The maximum atomic E-state index is 12.9. The zero-order valence-electron chi connectivity index (χ0n) is 9.31. The quantitative estimate of drug-likeness (QED) is 0.503. The molecule has 1 aliphatic rings. The number of nitrogens with one attached hydrogen (secondary N) is 1. The molecule has 0 saturated carbocycles. The minimum atomic E-state index is -0.499. The molecule has 6 heteroatoms. The summed E-state index contributed by atoms with van der Waals surface area (Å²) in [5.74, 6) is -0.773. The Kier molecular flexibility index (Phi) is 2.71. The van der Waals surface area contributed by atoms with Crippen LogP contribution in [-0.2, 0) is 0 Å². The van der Waals surface area contributed by atoms with Crippen molar-refractivity contribution < 1.29 is 9.50 Å². The van der Waals surface area contributed by atoms with Crippen molar-refractivity contribution in [2.75, 3.05) is 6.54 Å². The second kappa shape index (κ2) is 4.04. The first kappa shape index (κ1) is 11.4. The van der Waals surface area contributed by atoms with Crippen molar-refractivity contribution in [2.45, 2.75) is 6.92 Å². The van der Waals surface area contributed by atoms with E-state index in [9.17, 15) is 9.50 Å². The first-order chi connectivity index (χ1) is 7.99. The van der Waals surface area contributed by atoms with Crippen molar-refractivity contribution in [3.8, 4) is 5.75 Å². The largest absolute Gasteiger partial charge is 0.507 e. The molecule has 90 valence electrons. The number of halogens is 1. The molecule has 5 nitrogen and oxygen atoms in total. The van der Waals surface area contributed by atoms with Crippen LogP contribution in [0.2, 0.25) is 0 Å². The van der Waals surface area contributed by atoms with Crippen molar-refractivity contribution >= 4 is 11.7 Å². The number of nitrogens with zero attached hydrogens (tertiary/aromatic N) is 2. The summed E-state index contributed by atoms with van der Waals surface area (Å²) < 4.78 is 12.9. The van der Waals surface area contributed by atoms with E-state index in [-0.39, 0.29) is 17.6 Å². The molecule has 0 bridgehead atoms. The third-order valence-electron chi connectivity index (χ3n) is 2.66. The van der Waals surface area contributed by atoms with E-state index in [1.807, 2.05) is 6.92 Å². The molecule has 1 unspecified atom stereocenters. The molecule has 0 amide bonds. The third kappa shape index (κ3) is 2.06. The summed E-state index contributed by atoms with van der Waals surface area (Å²) >= 11 is 0. The lowest BCUT2D eigenvalue weighted by atomic mass is 9.98. The Morgan fingerprint density at radius 2 is 2.35 bits per heavy atom. The van der Waals surface area contributed by atoms with E-state index in [1.54, 1.807) is 0 Å². The van der Waals surface area contributed by atoms with Gasteiger partial charge >= 0.3 is 0 Å². The van der Waals surface area contributed by atoms with Crippen LogP contribution in [0.3, 0.4) is 0 Å². The summed E-state index contributed by atoms with van der Waals surface area (Å²) in [4.78, 5) is 0. The Hall–Kier alpha value is -2.11. The number of guanidine groups is 1. The van der Waals surface area contributed by atoms with Crippen LogP contribution >= 0.6 is 0 Å². The summed E-state index contributed by atoms with van der Waals surface area (Å²) in [6, 6.07) is 3.78. The topological polar surface area (TPSA) is 85.7 Å². The second-order valence-electron chi connectivity index (χ2n) is 4.02. The highest BCUT2D eigenvalue weighted by molar-refractivity contribution is 6.06. The van der Waals surface area contributed by atoms with Crippen LogP contribution in [0.25, 0.3) is 0 Å². The first-order valence-electron chi connectivity index (χ1n) is 5.18. The van der Waals surface area contributed by atoms with Gasteiger partial charge in [0.05, 0.1) is 12.3 Å². The van der Waals surface area contributed by atoms with Gasteiger partial charge in [-0.3, -0.25) is 5.41 Å². The molecule has 1 aliphatic heterocycles. The standard InChI is InChI=1S/C11H13FN4O/c1-6-5-16(11(13)14)15-10(6)8-3-2-7(12)4-9(8)17/h2-4,6,17H,5H2,1H3,(H3,13,14). The van der Waals surface area contributed by atoms with E-state index in [0.29, 0.717) is 17.8 Å². The molecule has 0 radical (unpaired) electrons. The molecule has 0 fully saturated rings. The predicted molar refractivity (Wildman–Crippen MR) is 62.4 cm³/mol. The molecule has 1 aromatic carbocycles. The van der Waals surface area contributed by atoms with Crippen LogP contribution in [-0.4, -0.2) is 28.3 Å². The fraction of sp³-hybridized carbons (Fsp3) is 0.273. The summed E-state index contributed by atoms with van der Waals surface area (Å²) in [6.07, 6.45) is 0. The number of phenols is 1. The van der Waals surface area contributed by atoms with E-state index >= 15 is 0 Å². The van der Waals surface area contributed by atoms with Gasteiger partial charge in [0.1, 0.15) is 11.6 Å². The second-order valence-corrected chi connectivity index (χ2v) is 4.02. The van der Waals surface area contributed by atoms with Crippen molar-refractivity contribution in [3.63, 3.8) is 0 Å². The van der Waals surface area contributed by atoms with Gasteiger partial charge in [0.2, 0.25) is 5.96 Å². The molecule has 0 spiro atoms. The number of phenolic OH excluding ortho intramolecular Hbond substituents is 1. The molecule has 0 saturated heterocycles. The summed E-state index contributed by atoms with van der Waals surface area (Å²) in [5.41, 5.74) is 6.43. The van der Waals surface area contributed by atoms with Gasteiger partial charge < -0.3 is 10.8 Å². The molecule has 4 N–H and O–H groups in total. The van der Waals surface area contributed by atoms with Gasteiger partial charge in [0.15, 0.2) is 0 Å². The van der Waals surface area contributed by atoms with Crippen LogP contribution < -0.4 is 5.73 Å². The molecule has 0 aliphatic carbocycles. The Bertz CT molecular complexity index is 500. The van der Waals surface area contributed by atoms with Gasteiger partial charge in [0.25, 0.3) is 0 Å². The number of benzene rings is 1. The van der Waals surface area contributed by atoms with Gasteiger partial charge in [-0.15, -0.1) is 0 Å². The van der Waals surface area contributed by atoms with Crippen molar-refractivity contribution in [2.24, 2.45) is 16.8 Å². The number of hydrogen-bond acceptors (Lipinski definition) is 3. The molecule has 1 atom stereocenters. The Balaban J connectivity index is 2.39. The molecule has 0 aromatic heterocycles. The fourth-order valence-electron chi connectivity index (χ4n) is 1.81. The molecule has 1 aromatic rings.